The maximum atomic E-state index is 12.9. The van der Waals surface area contributed by atoms with Crippen LogP contribution in [0.2, 0.25) is 0 Å². The van der Waals surface area contributed by atoms with Gasteiger partial charge >= 0.3 is 0 Å². The number of amides is 2. The molecule has 0 bridgehead atoms. The minimum absolute atomic E-state index is 0.00919. The summed E-state index contributed by atoms with van der Waals surface area (Å²) in [5, 5.41) is 11.6. The average Bonchev–Trinajstić information content (AvgIpc) is 3.07. The Hall–Kier alpha value is -2.47. The van der Waals surface area contributed by atoms with Crippen LogP contribution in [0.3, 0.4) is 0 Å². The molecule has 1 aromatic carbocycles. The lowest BCUT2D eigenvalue weighted by atomic mass is 9.95. The molecule has 1 N–H and O–H groups in total. The van der Waals surface area contributed by atoms with Crippen molar-refractivity contribution in [3.8, 4) is 0 Å². The number of hydrogen-bond donors (Lipinski definition) is 1. The van der Waals surface area contributed by atoms with Gasteiger partial charge < -0.3 is 14.9 Å². The largest absolute Gasteiger partial charge is 0.391 e. The zero-order valence-corrected chi connectivity index (χ0v) is 16.3. The highest BCUT2D eigenvalue weighted by molar-refractivity contribution is 5.80. The van der Waals surface area contributed by atoms with Crippen LogP contribution in [-0.4, -0.2) is 64.0 Å². The molecule has 0 aliphatic carbocycles. The molecule has 2 fully saturated rings. The number of para-hydroxylation sites is 1. The maximum absolute atomic E-state index is 12.9. The van der Waals surface area contributed by atoms with E-state index in [2.05, 4.69) is 6.07 Å². The van der Waals surface area contributed by atoms with Crippen LogP contribution < -0.4 is 0 Å². The Balaban J connectivity index is 1.37. The lowest BCUT2D eigenvalue weighted by Crippen LogP contribution is -2.43. The van der Waals surface area contributed by atoms with Crippen molar-refractivity contribution in [3.05, 3.63) is 42.1 Å². The minimum Gasteiger partial charge on any atom is -0.391 e. The molecule has 2 saturated heterocycles. The van der Waals surface area contributed by atoms with Crippen molar-refractivity contribution in [3.63, 3.8) is 0 Å². The summed E-state index contributed by atoms with van der Waals surface area (Å²) >= 11 is 0. The molecule has 2 amide bonds. The molecule has 6 heteroatoms. The normalized spacial score (nSPS) is 23.4. The van der Waals surface area contributed by atoms with E-state index >= 15 is 0 Å². The van der Waals surface area contributed by atoms with Crippen molar-refractivity contribution < 1.29 is 14.7 Å². The van der Waals surface area contributed by atoms with Crippen LogP contribution in [0.5, 0.6) is 0 Å². The van der Waals surface area contributed by atoms with E-state index in [0.29, 0.717) is 45.4 Å². The van der Waals surface area contributed by atoms with Crippen LogP contribution >= 0.6 is 0 Å². The lowest BCUT2D eigenvalue weighted by Gasteiger charge is -2.32. The second-order valence-corrected chi connectivity index (χ2v) is 8.05. The Labute approximate surface area is 165 Å². The molecule has 2 aliphatic heterocycles. The highest BCUT2D eigenvalue weighted by Gasteiger charge is 2.37. The number of aliphatic hydroxyl groups is 1. The molecule has 0 spiro atoms. The van der Waals surface area contributed by atoms with Gasteiger partial charge in [0.1, 0.15) is 0 Å². The third-order valence-corrected chi connectivity index (χ3v) is 6.14. The summed E-state index contributed by atoms with van der Waals surface area (Å²) < 4.78 is 0. The van der Waals surface area contributed by atoms with Crippen molar-refractivity contribution in [1.82, 2.24) is 14.8 Å². The van der Waals surface area contributed by atoms with Crippen LogP contribution in [0.1, 0.15) is 25.5 Å². The predicted molar refractivity (Wildman–Crippen MR) is 107 cm³/mol. The molecular weight excluding hydrogens is 354 g/mol. The van der Waals surface area contributed by atoms with Gasteiger partial charge in [0.15, 0.2) is 0 Å². The van der Waals surface area contributed by atoms with E-state index in [0.717, 1.165) is 16.6 Å². The standard InChI is InChI=1S/C22H27N3O3/c1-15(26)24-10-8-17(9-11-24)22(28)25-13-18(21(27)14-25)12-19-7-6-16-4-2-3-5-20(16)23-19/h2-7,17-18,21,27H,8-14H2,1H3/t18-,21-/m1/s1. The third-order valence-electron chi connectivity index (χ3n) is 6.14. The van der Waals surface area contributed by atoms with Crippen molar-refractivity contribution in [1.29, 1.82) is 0 Å². The first-order valence-corrected chi connectivity index (χ1v) is 10.1. The van der Waals surface area contributed by atoms with Crippen LogP contribution in [-0.2, 0) is 16.0 Å². The van der Waals surface area contributed by atoms with Gasteiger partial charge in [-0.1, -0.05) is 24.3 Å². The smallest absolute Gasteiger partial charge is 0.225 e. The quantitative estimate of drug-likeness (QED) is 0.881. The topological polar surface area (TPSA) is 73.7 Å². The maximum Gasteiger partial charge on any atom is 0.225 e. The molecule has 0 saturated carbocycles. The van der Waals surface area contributed by atoms with Gasteiger partial charge in [-0.3, -0.25) is 14.6 Å². The number of carbonyl (C=O) groups is 2. The Bertz CT molecular complexity index is 876. The number of β-amino-alcohol motifs (C(OH)–C–C–N with tert-alkyl or cyclic N) is 1. The molecule has 4 rings (SSSR count). The molecule has 0 radical (unpaired) electrons. The number of piperidine rings is 1. The molecule has 2 atom stereocenters. The number of rotatable bonds is 3. The molecule has 3 heterocycles. The summed E-state index contributed by atoms with van der Waals surface area (Å²) in [4.78, 5) is 32.7. The van der Waals surface area contributed by atoms with Crippen LogP contribution in [0, 0.1) is 11.8 Å². The fourth-order valence-electron chi connectivity index (χ4n) is 4.42. The molecule has 2 aliphatic rings. The summed E-state index contributed by atoms with van der Waals surface area (Å²) in [5.74, 6) is 0.164. The van der Waals surface area contributed by atoms with Crippen molar-refractivity contribution in [2.45, 2.75) is 32.3 Å². The van der Waals surface area contributed by atoms with Gasteiger partial charge in [-0.2, -0.15) is 0 Å². The number of pyridine rings is 1. The van der Waals surface area contributed by atoms with Crippen molar-refractivity contribution >= 4 is 22.7 Å². The van der Waals surface area contributed by atoms with Gasteiger partial charge in [-0.05, 0) is 31.4 Å². The summed E-state index contributed by atoms with van der Waals surface area (Å²) in [6.45, 7) is 3.83. The molecule has 6 nitrogen and oxygen atoms in total. The first-order chi connectivity index (χ1) is 13.5. The van der Waals surface area contributed by atoms with E-state index < -0.39 is 6.10 Å². The molecule has 2 aromatic rings. The number of likely N-dealkylation sites (tertiary alicyclic amines) is 2. The van der Waals surface area contributed by atoms with Gasteiger partial charge in [-0.15, -0.1) is 0 Å². The van der Waals surface area contributed by atoms with Gasteiger partial charge in [0.2, 0.25) is 11.8 Å². The third kappa shape index (κ3) is 3.87. The number of hydrogen-bond acceptors (Lipinski definition) is 4. The van der Waals surface area contributed by atoms with Crippen LogP contribution in [0.4, 0.5) is 0 Å². The molecule has 1 aromatic heterocycles. The Morgan fingerprint density at radius 1 is 1.07 bits per heavy atom. The number of fused-ring (bicyclic) bond motifs is 1. The molecule has 0 unspecified atom stereocenters. The van der Waals surface area contributed by atoms with Crippen molar-refractivity contribution in [2.24, 2.45) is 11.8 Å². The summed E-state index contributed by atoms with van der Waals surface area (Å²) in [7, 11) is 0. The van der Waals surface area contributed by atoms with Crippen LogP contribution in [0.25, 0.3) is 10.9 Å². The minimum atomic E-state index is -0.519. The monoisotopic (exact) mass is 381 g/mol. The lowest BCUT2D eigenvalue weighted by molar-refractivity contribution is -0.139. The number of benzene rings is 1. The summed E-state index contributed by atoms with van der Waals surface area (Å²) in [6, 6.07) is 12.1. The number of carbonyl (C=O) groups excluding carboxylic acids is 2. The Morgan fingerprint density at radius 2 is 1.82 bits per heavy atom. The predicted octanol–water partition coefficient (Wildman–Crippen LogP) is 1.86. The zero-order valence-electron chi connectivity index (χ0n) is 16.3. The first kappa shape index (κ1) is 18.9. The van der Waals surface area contributed by atoms with E-state index in [1.54, 1.807) is 11.8 Å². The SMILES string of the molecule is CC(=O)N1CCC(C(=O)N2C[C@@H](Cc3ccc4ccccc4n3)[C@H](O)C2)CC1. The summed E-state index contributed by atoms with van der Waals surface area (Å²) in [5.41, 5.74) is 1.91. The second-order valence-electron chi connectivity index (χ2n) is 8.05. The Morgan fingerprint density at radius 3 is 2.57 bits per heavy atom. The number of nitrogens with zero attached hydrogens (tertiary/aromatic N) is 3. The molecular formula is C22H27N3O3. The average molecular weight is 381 g/mol. The van der Waals surface area contributed by atoms with Gasteiger partial charge in [0, 0.05) is 56.0 Å². The second kappa shape index (κ2) is 7.87. The van der Waals surface area contributed by atoms with Gasteiger partial charge in [0.25, 0.3) is 0 Å². The highest BCUT2D eigenvalue weighted by atomic mass is 16.3. The van der Waals surface area contributed by atoms with E-state index in [1.807, 2.05) is 35.2 Å². The zero-order chi connectivity index (χ0) is 19.7. The van der Waals surface area contributed by atoms with Gasteiger partial charge in [0.05, 0.1) is 11.6 Å². The molecule has 28 heavy (non-hydrogen) atoms. The number of aromatic nitrogens is 1. The first-order valence-electron chi connectivity index (χ1n) is 10.1. The Kier molecular flexibility index (Phi) is 5.31. The highest BCUT2D eigenvalue weighted by Crippen LogP contribution is 2.26. The molecule has 148 valence electrons. The van der Waals surface area contributed by atoms with Gasteiger partial charge in [-0.25, -0.2) is 0 Å². The summed E-state index contributed by atoms with van der Waals surface area (Å²) in [6.07, 6.45) is 1.57. The van der Waals surface area contributed by atoms with E-state index in [-0.39, 0.29) is 23.7 Å². The fourth-order valence-corrected chi connectivity index (χ4v) is 4.42. The number of aliphatic hydroxyl groups excluding tert-OH is 1. The van der Waals surface area contributed by atoms with Crippen molar-refractivity contribution in [2.75, 3.05) is 26.2 Å². The van der Waals surface area contributed by atoms with E-state index in [1.165, 1.54) is 0 Å². The van der Waals surface area contributed by atoms with E-state index in [9.17, 15) is 14.7 Å². The fraction of sp³-hybridized carbons (Fsp3) is 0.500. The van der Waals surface area contributed by atoms with E-state index in [4.69, 9.17) is 4.98 Å². The van der Waals surface area contributed by atoms with Crippen LogP contribution in [0.15, 0.2) is 36.4 Å².